The number of aromatic hydroxyl groups is 2. The van der Waals surface area contributed by atoms with Crippen LogP contribution in [0.2, 0.25) is 0 Å². The van der Waals surface area contributed by atoms with E-state index < -0.39 is 17.7 Å². The third kappa shape index (κ3) is 2.84. The average molecular weight is 405 g/mol. The Kier molecular flexibility index (Phi) is 4.46. The van der Waals surface area contributed by atoms with Crippen molar-refractivity contribution in [2.45, 2.75) is 0 Å². The van der Waals surface area contributed by atoms with E-state index in [0.717, 1.165) is 0 Å². The van der Waals surface area contributed by atoms with Crippen molar-refractivity contribution in [3.63, 3.8) is 0 Å². The molecule has 7 nitrogen and oxygen atoms in total. The Balaban J connectivity index is 2.38. The van der Waals surface area contributed by atoms with E-state index in [2.05, 4.69) is 0 Å². The van der Waals surface area contributed by atoms with Crippen LogP contribution >= 0.6 is 22.6 Å². The number of nitrogens with zero attached hydrogens (tertiary/aromatic N) is 1. The fourth-order valence-corrected chi connectivity index (χ4v) is 2.59. The maximum atomic E-state index is 12.2. The van der Waals surface area contributed by atoms with Gasteiger partial charge in [0, 0.05) is 12.1 Å². The molecule has 0 spiro atoms. The van der Waals surface area contributed by atoms with Crippen molar-refractivity contribution in [3.05, 3.63) is 33.4 Å². The van der Waals surface area contributed by atoms with Crippen LogP contribution in [0.4, 0.5) is 0 Å². The summed E-state index contributed by atoms with van der Waals surface area (Å²) in [6.07, 6.45) is 0. The van der Waals surface area contributed by atoms with E-state index in [-0.39, 0.29) is 11.3 Å². The zero-order valence-electron chi connectivity index (χ0n) is 11.2. The van der Waals surface area contributed by atoms with Crippen molar-refractivity contribution in [2.75, 3.05) is 14.2 Å². The summed E-state index contributed by atoms with van der Waals surface area (Å²) in [4.78, 5) is 17.1. The molecule has 2 aromatic rings. The van der Waals surface area contributed by atoms with Gasteiger partial charge in [0.05, 0.1) is 17.8 Å². The highest BCUT2D eigenvalue weighted by Crippen LogP contribution is 2.33. The monoisotopic (exact) mass is 405 g/mol. The van der Waals surface area contributed by atoms with E-state index in [1.165, 1.54) is 32.4 Å². The second-order valence-corrected chi connectivity index (χ2v) is 4.96. The van der Waals surface area contributed by atoms with Gasteiger partial charge in [-0.05, 0) is 34.7 Å². The molecule has 1 aromatic carbocycles. The number of hydrogen-bond donors (Lipinski definition) is 2. The van der Waals surface area contributed by atoms with Crippen molar-refractivity contribution in [1.82, 2.24) is 4.73 Å². The summed E-state index contributed by atoms with van der Waals surface area (Å²) in [6, 6.07) is 5.45. The van der Waals surface area contributed by atoms with Gasteiger partial charge in [-0.2, -0.15) is 0 Å². The summed E-state index contributed by atoms with van der Waals surface area (Å²) in [7, 11) is 2.92. The van der Waals surface area contributed by atoms with E-state index in [1.807, 2.05) is 22.6 Å². The van der Waals surface area contributed by atoms with Crippen LogP contribution in [0.1, 0.15) is 10.4 Å². The fourth-order valence-electron chi connectivity index (χ4n) is 1.68. The molecular formula is C13H12INO6. The van der Waals surface area contributed by atoms with Crippen LogP contribution in [0.3, 0.4) is 0 Å². The summed E-state index contributed by atoms with van der Waals surface area (Å²) in [5.74, 6) is -0.762. The van der Waals surface area contributed by atoms with Gasteiger partial charge in [0.15, 0.2) is 5.75 Å². The largest absolute Gasteiger partial charge is 0.496 e. The average Bonchev–Trinajstić information content (AvgIpc) is 2.78. The lowest BCUT2D eigenvalue weighted by Gasteiger charge is -2.13. The number of ether oxygens (including phenoxy) is 2. The molecule has 0 amide bonds. The quantitative estimate of drug-likeness (QED) is 0.755. The lowest BCUT2D eigenvalue weighted by molar-refractivity contribution is 0.0378. The highest BCUT2D eigenvalue weighted by Gasteiger charge is 2.21. The first-order valence-electron chi connectivity index (χ1n) is 5.72. The van der Waals surface area contributed by atoms with Crippen molar-refractivity contribution in [1.29, 1.82) is 0 Å². The Morgan fingerprint density at radius 3 is 2.24 bits per heavy atom. The first kappa shape index (κ1) is 15.3. The highest BCUT2D eigenvalue weighted by atomic mass is 127. The Morgan fingerprint density at radius 1 is 1.10 bits per heavy atom. The molecule has 0 atom stereocenters. The molecule has 0 bridgehead atoms. The first-order valence-corrected chi connectivity index (χ1v) is 6.80. The molecule has 0 fully saturated rings. The minimum absolute atomic E-state index is 0.134. The molecule has 2 N–H and O–H groups in total. The molecule has 1 aromatic heterocycles. The molecule has 2 rings (SSSR count). The Morgan fingerprint density at radius 2 is 1.71 bits per heavy atom. The smallest absolute Gasteiger partial charge is 0.367 e. The molecule has 0 aliphatic carbocycles. The molecule has 0 saturated carbocycles. The van der Waals surface area contributed by atoms with Gasteiger partial charge in [-0.15, -0.1) is 4.73 Å². The zero-order valence-corrected chi connectivity index (χ0v) is 13.3. The number of benzene rings is 1. The van der Waals surface area contributed by atoms with Crippen molar-refractivity contribution in [3.8, 4) is 23.3 Å². The Labute approximate surface area is 133 Å². The fraction of sp³-hybridized carbons (Fsp3) is 0.154. The third-order valence-corrected chi connectivity index (χ3v) is 3.70. The van der Waals surface area contributed by atoms with E-state index in [1.54, 1.807) is 6.07 Å². The molecule has 112 valence electrons. The van der Waals surface area contributed by atoms with Crippen LogP contribution in [0.15, 0.2) is 24.3 Å². The summed E-state index contributed by atoms with van der Waals surface area (Å²) in [6.45, 7) is 0. The topological polar surface area (TPSA) is 90.2 Å². The van der Waals surface area contributed by atoms with Gasteiger partial charge in [-0.25, -0.2) is 4.79 Å². The summed E-state index contributed by atoms with van der Waals surface area (Å²) >= 11 is 1.98. The molecule has 0 aliphatic rings. The van der Waals surface area contributed by atoms with Gasteiger partial charge < -0.3 is 24.5 Å². The highest BCUT2D eigenvalue weighted by molar-refractivity contribution is 14.1. The molecular weight excluding hydrogens is 393 g/mol. The van der Waals surface area contributed by atoms with Crippen LogP contribution < -0.4 is 14.3 Å². The van der Waals surface area contributed by atoms with E-state index in [4.69, 9.17) is 14.3 Å². The standard InChI is InChI=1S/C13H12INO6/c1-19-8-4-3-7(12(20-2)11(8)14)13(18)21-15-9(16)5-6-10(15)17/h3-6,16-17H,1-2H3. The van der Waals surface area contributed by atoms with Gasteiger partial charge >= 0.3 is 5.97 Å². The van der Waals surface area contributed by atoms with Crippen LogP contribution in [-0.4, -0.2) is 35.1 Å². The molecule has 0 aliphatic heterocycles. The van der Waals surface area contributed by atoms with Gasteiger partial charge in [-0.1, -0.05) is 0 Å². The SMILES string of the molecule is COc1ccc(C(=O)On2c(O)ccc2O)c(OC)c1I. The van der Waals surface area contributed by atoms with Crippen LogP contribution in [-0.2, 0) is 0 Å². The van der Waals surface area contributed by atoms with E-state index in [0.29, 0.717) is 14.1 Å². The predicted octanol–water partition coefficient (Wildman–Crippen LogP) is 1.79. The summed E-state index contributed by atoms with van der Waals surface area (Å²) in [5, 5.41) is 18.9. The summed E-state index contributed by atoms with van der Waals surface area (Å²) < 4.78 is 11.6. The third-order valence-electron chi connectivity index (χ3n) is 2.68. The molecule has 0 saturated heterocycles. The molecule has 8 heteroatoms. The molecule has 0 radical (unpaired) electrons. The van der Waals surface area contributed by atoms with Crippen molar-refractivity contribution >= 4 is 28.6 Å². The lowest BCUT2D eigenvalue weighted by atomic mass is 10.2. The van der Waals surface area contributed by atoms with Gasteiger partial charge in [0.25, 0.3) is 0 Å². The number of methoxy groups -OCH3 is 2. The number of carbonyl (C=O) groups is 1. The molecule has 21 heavy (non-hydrogen) atoms. The number of aromatic nitrogens is 1. The van der Waals surface area contributed by atoms with Crippen molar-refractivity contribution in [2.24, 2.45) is 0 Å². The predicted molar refractivity (Wildman–Crippen MR) is 80.9 cm³/mol. The number of halogens is 1. The van der Waals surface area contributed by atoms with Gasteiger partial charge in [-0.3, -0.25) is 0 Å². The maximum absolute atomic E-state index is 12.2. The normalized spacial score (nSPS) is 10.2. The van der Waals surface area contributed by atoms with E-state index in [9.17, 15) is 15.0 Å². The number of carbonyl (C=O) groups excluding carboxylic acids is 1. The number of rotatable bonds is 4. The van der Waals surface area contributed by atoms with E-state index >= 15 is 0 Å². The molecule has 0 unspecified atom stereocenters. The molecule has 1 heterocycles. The van der Waals surface area contributed by atoms with Gasteiger partial charge in [0.2, 0.25) is 11.8 Å². The Hall–Kier alpha value is -2.10. The van der Waals surface area contributed by atoms with Crippen LogP contribution in [0, 0.1) is 3.57 Å². The van der Waals surface area contributed by atoms with Crippen LogP contribution in [0.5, 0.6) is 23.3 Å². The minimum Gasteiger partial charge on any atom is -0.496 e. The number of hydrogen-bond acceptors (Lipinski definition) is 6. The van der Waals surface area contributed by atoms with Crippen molar-refractivity contribution < 1.29 is 29.3 Å². The first-order chi connectivity index (χ1) is 9.99. The van der Waals surface area contributed by atoms with Crippen LogP contribution in [0.25, 0.3) is 0 Å². The maximum Gasteiger partial charge on any atom is 0.367 e. The zero-order chi connectivity index (χ0) is 15.6. The van der Waals surface area contributed by atoms with Gasteiger partial charge in [0.1, 0.15) is 11.3 Å². The minimum atomic E-state index is -0.797. The Bertz CT molecular complexity index is 662. The second kappa shape index (κ2) is 6.12. The second-order valence-electron chi connectivity index (χ2n) is 3.89. The summed E-state index contributed by atoms with van der Waals surface area (Å²) in [5.41, 5.74) is 0.134. The lowest BCUT2D eigenvalue weighted by Crippen LogP contribution is -2.20.